The molecule has 0 saturated carbocycles. The lowest BCUT2D eigenvalue weighted by Gasteiger charge is -2.38. The normalized spacial score (nSPS) is 17.0. The molecule has 1 heterocycles. The lowest BCUT2D eigenvalue weighted by atomic mass is 10.2. The number of carbonyl (C=O) groups excluding carboxylic acids is 1. The highest BCUT2D eigenvalue weighted by atomic mass is 16.5. The molecule has 1 fully saturated rings. The van der Waals surface area contributed by atoms with Crippen molar-refractivity contribution in [1.82, 2.24) is 4.90 Å². The lowest BCUT2D eigenvalue weighted by molar-refractivity contribution is -0.133. The van der Waals surface area contributed by atoms with Gasteiger partial charge in [-0.05, 0) is 17.7 Å². The Morgan fingerprint density at radius 2 is 1.52 bits per heavy atom. The molecule has 0 aromatic heterocycles. The van der Waals surface area contributed by atoms with Gasteiger partial charge in [0, 0.05) is 31.9 Å². The van der Waals surface area contributed by atoms with Gasteiger partial charge in [-0.3, -0.25) is 9.69 Å². The zero-order valence-electron chi connectivity index (χ0n) is 13.2. The van der Waals surface area contributed by atoms with Gasteiger partial charge in [-0.15, -0.1) is 0 Å². The summed E-state index contributed by atoms with van der Waals surface area (Å²) in [5, 5.41) is 0. The molecule has 23 heavy (non-hydrogen) atoms. The summed E-state index contributed by atoms with van der Waals surface area (Å²) < 4.78 is 5.80. The number of carbonyl (C=O) groups is 1. The van der Waals surface area contributed by atoms with Crippen molar-refractivity contribution in [2.75, 3.05) is 31.1 Å². The van der Waals surface area contributed by atoms with E-state index in [1.807, 2.05) is 36.4 Å². The molecule has 2 aromatic rings. The lowest BCUT2D eigenvalue weighted by Crippen LogP contribution is -2.51. The summed E-state index contributed by atoms with van der Waals surface area (Å²) in [5.41, 5.74) is 2.32. The Kier molecular flexibility index (Phi) is 5.40. The Bertz CT molecular complexity index is 595. The third-order valence-electron chi connectivity index (χ3n) is 4.18. The minimum absolute atomic E-state index is 0.461. The molecule has 1 atom stereocenters. The molecule has 1 unspecified atom stereocenters. The second kappa shape index (κ2) is 7.90. The van der Waals surface area contributed by atoms with E-state index in [2.05, 4.69) is 34.1 Å². The maximum absolute atomic E-state index is 11.4. The number of ether oxygens (including phenoxy) is 1. The van der Waals surface area contributed by atoms with Crippen LogP contribution in [0.5, 0.6) is 0 Å². The van der Waals surface area contributed by atoms with Gasteiger partial charge in [0.1, 0.15) is 0 Å². The van der Waals surface area contributed by atoms with Crippen molar-refractivity contribution in [1.29, 1.82) is 0 Å². The Morgan fingerprint density at radius 3 is 2.13 bits per heavy atom. The molecular weight excluding hydrogens is 288 g/mol. The second-order valence-corrected chi connectivity index (χ2v) is 5.68. The standard InChI is InChI=1S/C19H22N2O2/c22-15-19(23-16-17-7-3-1-4-8-17)21-13-11-20(12-14-21)18-9-5-2-6-10-18/h1-10,15,19H,11-14,16H2. The van der Waals surface area contributed by atoms with E-state index >= 15 is 0 Å². The first-order valence-electron chi connectivity index (χ1n) is 8.02. The SMILES string of the molecule is O=CC(OCc1ccccc1)N1CCN(c2ccccc2)CC1. The fourth-order valence-corrected chi connectivity index (χ4v) is 2.86. The molecule has 1 aliphatic heterocycles. The summed E-state index contributed by atoms with van der Waals surface area (Å²) in [6.45, 7) is 3.93. The van der Waals surface area contributed by atoms with Crippen molar-refractivity contribution in [2.24, 2.45) is 0 Å². The van der Waals surface area contributed by atoms with Gasteiger partial charge in [0.2, 0.25) is 0 Å². The molecule has 4 heteroatoms. The van der Waals surface area contributed by atoms with Gasteiger partial charge >= 0.3 is 0 Å². The van der Waals surface area contributed by atoms with E-state index in [1.165, 1.54) is 5.69 Å². The topological polar surface area (TPSA) is 32.8 Å². The van der Waals surface area contributed by atoms with Gasteiger partial charge in [0.15, 0.2) is 12.5 Å². The minimum Gasteiger partial charge on any atom is -0.369 e. The number of hydrogen-bond acceptors (Lipinski definition) is 4. The van der Waals surface area contributed by atoms with Gasteiger partial charge in [0.25, 0.3) is 0 Å². The van der Waals surface area contributed by atoms with Crippen molar-refractivity contribution < 1.29 is 9.53 Å². The smallest absolute Gasteiger partial charge is 0.167 e. The molecule has 0 aliphatic carbocycles. The molecule has 0 bridgehead atoms. The van der Waals surface area contributed by atoms with Crippen LogP contribution in [0.3, 0.4) is 0 Å². The largest absolute Gasteiger partial charge is 0.369 e. The first-order chi connectivity index (χ1) is 11.4. The maximum atomic E-state index is 11.4. The summed E-state index contributed by atoms with van der Waals surface area (Å²) in [4.78, 5) is 15.8. The van der Waals surface area contributed by atoms with Crippen LogP contribution >= 0.6 is 0 Å². The van der Waals surface area contributed by atoms with Gasteiger partial charge < -0.3 is 9.64 Å². The van der Waals surface area contributed by atoms with Crippen LogP contribution in [0.15, 0.2) is 60.7 Å². The summed E-state index contributed by atoms with van der Waals surface area (Å²) in [6.07, 6.45) is 0.439. The van der Waals surface area contributed by atoms with E-state index in [9.17, 15) is 4.79 Å². The zero-order valence-corrected chi connectivity index (χ0v) is 13.2. The first kappa shape index (κ1) is 15.7. The van der Waals surface area contributed by atoms with Gasteiger partial charge in [0.05, 0.1) is 6.61 Å². The van der Waals surface area contributed by atoms with Gasteiger partial charge in [-0.25, -0.2) is 0 Å². The van der Waals surface area contributed by atoms with Crippen LogP contribution in [0, 0.1) is 0 Å². The molecular formula is C19H22N2O2. The fourth-order valence-electron chi connectivity index (χ4n) is 2.86. The molecule has 1 saturated heterocycles. The Labute approximate surface area is 137 Å². The molecule has 120 valence electrons. The second-order valence-electron chi connectivity index (χ2n) is 5.68. The molecule has 2 aromatic carbocycles. The van der Waals surface area contributed by atoms with E-state index in [1.54, 1.807) is 0 Å². The monoisotopic (exact) mass is 310 g/mol. The number of aldehydes is 1. The third-order valence-corrected chi connectivity index (χ3v) is 4.18. The predicted molar refractivity (Wildman–Crippen MR) is 91.3 cm³/mol. The van der Waals surface area contributed by atoms with E-state index < -0.39 is 6.23 Å². The Morgan fingerprint density at radius 1 is 0.913 bits per heavy atom. The van der Waals surface area contributed by atoms with Crippen LogP contribution in [-0.2, 0) is 16.1 Å². The zero-order chi connectivity index (χ0) is 15.9. The van der Waals surface area contributed by atoms with E-state index in [4.69, 9.17) is 4.74 Å². The summed E-state index contributed by atoms with van der Waals surface area (Å²) in [6, 6.07) is 20.3. The molecule has 3 rings (SSSR count). The quantitative estimate of drug-likeness (QED) is 0.768. The Hall–Kier alpha value is -2.17. The van der Waals surface area contributed by atoms with Crippen LogP contribution in [0.25, 0.3) is 0 Å². The van der Waals surface area contributed by atoms with Crippen molar-refractivity contribution in [2.45, 2.75) is 12.8 Å². The van der Waals surface area contributed by atoms with Crippen molar-refractivity contribution in [3.05, 3.63) is 66.2 Å². The van der Waals surface area contributed by atoms with Crippen LogP contribution in [0.2, 0.25) is 0 Å². The van der Waals surface area contributed by atoms with Crippen LogP contribution < -0.4 is 4.90 Å². The van der Waals surface area contributed by atoms with Gasteiger partial charge in [-0.2, -0.15) is 0 Å². The molecule has 1 aliphatic rings. The fraction of sp³-hybridized carbons (Fsp3) is 0.316. The summed E-state index contributed by atoms with van der Waals surface area (Å²) in [7, 11) is 0. The molecule has 0 N–H and O–H groups in total. The van der Waals surface area contributed by atoms with E-state index in [0.717, 1.165) is 38.0 Å². The van der Waals surface area contributed by atoms with Crippen LogP contribution in [-0.4, -0.2) is 43.6 Å². The Balaban J connectivity index is 1.52. The van der Waals surface area contributed by atoms with Crippen LogP contribution in [0.4, 0.5) is 5.69 Å². The summed E-state index contributed by atoms with van der Waals surface area (Å²) in [5.74, 6) is 0. The molecule has 0 amide bonds. The van der Waals surface area contributed by atoms with Crippen molar-refractivity contribution >= 4 is 12.0 Å². The van der Waals surface area contributed by atoms with E-state index in [0.29, 0.717) is 6.61 Å². The first-order valence-corrected chi connectivity index (χ1v) is 8.02. The van der Waals surface area contributed by atoms with Crippen LogP contribution in [0.1, 0.15) is 5.56 Å². The molecule has 0 spiro atoms. The predicted octanol–water partition coefficient (Wildman–Crippen LogP) is 2.55. The average molecular weight is 310 g/mol. The van der Waals surface area contributed by atoms with Crippen molar-refractivity contribution in [3.63, 3.8) is 0 Å². The van der Waals surface area contributed by atoms with Gasteiger partial charge in [-0.1, -0.05) is 48.5 Å². The number of anilines is 1. The van der Waals surface area contributed by atoms with E-state index in [-0.39, 0.29) is 0 Å². The third kappa shape index (κ3) is 4.18. The number of piperazine rings is 1. The average Bonchev–Trinajstić information content (AvgIpc) is 2.64. The minimum atomic E-state index is -0.465. The highest BCUT2D eigenvalue weighted by molar-refractivity contribution is 5.55. The number of benzene rings is 2. The highest BCUT2D eigenvalue weighted by Gasteiger charge is 2.24. The number of rotatable bonds is 6. The number of hydrogen-bond donors (Lipinski definition) is 0. The summed E-state index contributed by atoms with van der Waals surface area (Å²) >= 11 is 0. The molecule has 0 radical (unpaired) electrons. The number of nitrogens with zero attached hydrogens (tertiary/aromatic N) is 2. The highest BCUT2D eigenvalue weighted by Crippen LogP contribution is 2.17. The maximum Gasteiger partial charge on any atom is 0.167 e. The molecule has 4 nitrogen and oxygen atoms in total. The van der Waals surface area contributed by atoms with Crippen molar-refractivity contribution in [3.8, 4) is 0 Å². The number of para-hydroxylation sites is 1.